The molecule has 2 nitrogen and oxygen atoms in total. The van der Waals surface area contributed by atoms with Crippen LogP contribution in [0.15, 0.2) is 24.3 Å². The van der Waals surface area contributed by atoms with Crippen LogP contribution in [-0.4, -0.2) is 11.9 Å². The van der Waals surface area contributed by atoms with E-state index in [-0.39, 0.29) is 11.9 Å². The van der Waals surface area contributed by atoms with E-state index in [9.17, 15) is 4.79 Å². The Bertz CT molecular complexity index is 354. The average molecular weight is 233 g/mol. The van der Waals surface area contributed by atoms with E-state index >= 15 is 0 Å². The quantitative estimate of drug-likeness (QED) is 0.832. The monoisotopic (exact) mass is 233 g/mol. The minimum Gasteiger partial charge on any atom is -0.353 e. The van der Waals surface area contributed by atoms with E-state index in [0.717, 1.165) is 12.0 Å². The summed E-state index contributed by atoms with van der Waals surface area (Å²) in [6.45, 7) is 8.40. The fourth-order valence-electron chi connectivity index (χ4n) is 1.55. The molecule has 0 aromatic heterocycles. The Morgan fingerprint density at radius 1 is 1.12 bits per heavy atom. The zero-order chi connectivity index (χ0) is 12.8. The zero-order valence-electron chi connectivity index (χ0n) is 11.3. The molecule has 0 radical (unpaired) electrons. The number of benzene rings is 1. The van der Waals surface area contributed by atoms with Crippen LogP contribution in [0.4, 0.5) is 0 Å². The van der Waals surface area contributed by atoms with Gasteiger partial charge in [0.05, 0.1) is 6.42 Å². The summed E-state index contributed by atoms with van der Waals surface area (Å²) in [6, 6.07) is 8.50. The number of aryl methyl sites for hydroxylation is 1. The highest BCUT2D eigenvalue weighted by atomic mass is 16.1. The Hall–Kier alpha value is -1.31. The molecule has 17 heavy (non-hydrogen) atoms. The third kappa shape index (κ3) is 4.59. The largest absolute Gasteiger partial charge is 0.353 e. The smallest absolute Gasteiger partial charge is 0.224 e. The first-order valence-corrected chi connectivity index (χ1v) is 6.40. The van der Waals surface area contributed by atoms with Crippen molar-refractivity contribution in [2.24, 2.45) is 5.92 Å². The SMILES string of the molecule is CCc1ccc(CC(=O)NC(C)C(C)C)cc1. The summed E-state index contributed by atoms with van der Waals surface area (Å²) in [6.07, 6.45) is 1.51. The zero-order valence-corrected chi connectivity index (χ0v) is 11.3. The minimum absolute atomic E-state index is 0.107. The van der Waals surface area contributed by atoms with Crippen LogP contribution >= 0.6 is 0 Å². The first-order chi connectivity index (χ1) is 8.02. The van der Waals surface area contributed by atoms with Gasteiger partial charge in [-0.1, -0.05) is 45.0 Å². The van der Waals surface area contributed by atoms with Crippen molar-refractivity contribution in [3.05, 3.63) is 35.4 Å². The number of amides is 1. The summed E-state index contributed by atoms with van der Waals surface area (Å²) in [5, 5.41) is 3.02. The van der Waals surface area contributed by atoms with Gasteiger partial charge in [-0.3, -0.25) is 4.79 Å². The molecular weight excluding hydrogens is 210 g/mol. The van der Waals surface area contributed by atoms with Crippen LogP contribution in [0.5, 0.6) is 0 Å². The van der Waals surface area contributed by atoms with E-state index in [2.05, 4.69) is 38.2 Å². The Morgan fingerprint density at radius 2 is 1.65 bits per heavy atom. The van der Waals surface area contributed by atoms with Crippen molar-refractivity contribution in [2.75, 3.05) is 0 Å². The van der Waals surface area contributed by atoms with Crippen molar-refractivity contribution in [1.29, 1.82) is 0 Å². The van der Waals surface area contributed by atoms with Gasteiger partial charge in [-0.05, 0) is 30.4 Å². The Morgan fingerprint density at radius 3 is 2.12 bits per heavy atom. The van der Waals surface area contributed by atoms with Crippen LogP contribution in [0.1, 0.15) is 38.8 Å². The summed E-state index contributed by atoms with van der Waals surface area (Å²) in [7, 11) is 0. The Balaban J connectivity index is 2.50. The fourth-order valence-corrected chi connectivity index (χ4v) is 1.55. The van der Waals surface area contributed by atoms with Crippen LogP contribution in [0.2, 0.25) is 0 Å². The number of nitrogens with one attached hydrogen (secondary N) is 1. The number of hydrogen-bond donors (Lipinski definition) is 1. The normalized spacial score (nSPS) is 12.5. The van der Waals surface area contributed by atoms with E-state index in [1.807, 2.05) is 19.1 Å². The molecule has 0 fully saturated rings. The van der Waals surface area contributed by atoms with Crippen LogP contribution in [0.3, 0.4) is 0 Å². The molecule has 1 N–H and O–H groups in total. The highest BCUT2D eigenvalue weighted by molar-refractivity contribution is 5.78. The standard InChI is InChI=1S/C15H23NO/c1-5-13-6-8-14(9-7-13)10-15(17)16-12(4)11(2)3/h6-9,11-12H,5,10H2,1-4H3,(H,16,17). The van der Waals surface area contributed by atoms with Crippen molar-refractivity contribution in [3.63, 3.8) is 0 Å². The second-order valence-electron chi connectivity index (χ2n) is 4.95. The molecule has 0 aliphatic heterocycles. The van der Waals surface area contributed by atoms with E-state index in [4.69, 9.17) is 0 Å². The number of hydrogen-bond acceptors (Lipinski definition) is 1. The van der Waals surface area contributed by atoms with Crippen LogP contribution in [0, 0.1) is 5.92 Å². The molecule has 0 bridgehead atoms. The maximum Gasteiger partial charge on any atom is 0.224 e. The summed E-state index contributed by atoms with van der Waals surface area (Å²) >= 11 is 0. The third-order valence-electron chi connectivity index (χ3n) is 3.18. The van der Waals surface area contributed by atoms with Gasteiger partial charge in [-0.25, -0.2) is 0 Å². The van der Waals surface area contributed by atoms with Crippen molar-refractivity contribution in [1.82, 2.24) is 5.32 Å². The van der Waals surface area contributed by atoms with E-state index in [1.54, 1.807) is 0 Å². The highest BCUT2D eigenvalue weighted by Crippen LogP contribution is 2.06. The average Bonchev–Trinajstić information content (AvgIpc) is 2.29. The molecule has 1 unspecified atom stereocenters. The molecule has 1 rings (SSSR count). The molecule has 0 aliphatic carbocycles. The predicted molar refractivity (Wildman–Crippen MR) is 72.0 cm³/mol. The molecule has 1 aromatic rings. The molecule has 0 spiro atoms. The second-order valence-corrected chi connectivity index (χ2v) is 4.95. The summed E-state index contributed by atoms with van der Waals surface area (Å²) in [5.74, 6) is 0.580. The molecule has 1 aromatic carbocycles. The van der Waals surface area contributed by atoms with Gasteiger partial charge in [-0.15, -0.1) is 0 Å². The van der Waals surface area contributed by atoms with Gasteiger partial charge < -0.3 is 5.32 Å². The van der Waals surface area contributed by atoms with Crippen molar-refractivity contribution in [3.8, 4) is 0 Å². The number of carbonyl (C=O) groups is 1. The number of rotatable bonds is 5. The molecule has 2 heteroatoms. The van der Waals surface area contributed by atoms with Crippen molar-refractivity contribution < 1.29 is 4.79 Å². The van der Waals surface area contributed by atoms with Gasteiger partial charge in [0.15, 0.2) is 0 Å². The van der Waals surface area contributed by atoms with E-state index in [1.165, 1.54) is 5.56 Å². The van der Waals surface area contributed by atoms with E-state index < -0.39 is 0 Å². The lowest BCUT2D eigenvalue weighted by molar-refractivity contribution is -0.121. The van der Waals surface area contributed by atoms with Crippen LogP contribution < -0.4 is 5.32 Å². The van der Waals surface area contributed by atoms with Gasteiger partial charge in [0, 0.05) is 6.04 Å². The van der Waals surface area contributed by atoms with E-state index in [0.29, 0.717) is 12.3 Å². The maximum absolute atomic E-state index is 11.8. The van der Waals surface area contributed by atoms with Crippen molar-refractivity contribution >= 4 is 5.91 Å². The molecule has 1 amide bonds. The molecule has 94 valence electrons. The first kappa shape index (κ1) is 13.8. The van der Waals surface area contributed by atoms with Gasteiger partial charge in [-0.2, -0.15) is 0 Å². The lowest BCUT2D eigenvalue weighted by atomic mass is 10.0. The lowest BCUT2D eigenvalue weighted by Crippen LogP contribution is -2.37. The minimum atomic E-state index is 0.107. The topological polar surface area (TPSA) is 29.1 Å². The molecule has 0 aliphatic rings. The highest BCUT2D eigenvalue weighted by Gasteiger charge is 2.10. The molecule has 0 saturated carbocycles. The summed E-state index contributed by atoms with van der Waals surface area (Å²) in [5.41, 5.74) is 2.39. The van der Waals surface area contributed by atoms with Gasteiger partial charge in [0.2, 0.25) is 5.91 Å². The summed E-state index contributed by atoms with van der Waals surface area (Å²) in [4.78, 5) is 11.8. The third-order valence-corrected chi connectivity index (χ3v) is 3.18. The van der Waals surface area contributed by atoms with Crippen LogP contribution in [0.25, 0.3) is 0 Å². The molecule has 0 saturated heterocycles. The summed E-state index contributed by atoms with van der Waals surface area (Å²) < 4.78 is 0. The molecule has 0 heterocycles. The lowest BCUT2D eigenvalue weighted by Gasteiger charge is -2.17. The van der Waals surface area contributed by atoms with Gasteiger partial charge in [0.1, 0.15) is 0 Å². The Kier molecular flexibility index (Phi) is 5.20. The second kappa shape index (κ2) is 6.43. The van der Waals surface area contributed by atoms with Gasteiger partial charge in [0.25, 0.3) is 0 Å². The van der Waals surface area contributed by atoms with Crippen LogP contribution in [-0.2, 0) is 17.6 Å². The number of carbonyl (C=O) groups excluding carboxylic acids is 1. The van der Waals surface area contributed by atoms with Gasteiger partial charge >= 0.3 is 0 Å². The fraction of sp³-hybridized carbons (Fsp3) is 0.533. The molecular formula is C15H23NO. The molecule has 1 atom stereocenters. The van der Waals surface area contributed by atoms with Crippen molar-refractivity contribution in [2.45, 2.75) is 46.6 Å². The predicted octanol–water partition coefficient (Wildman–Crippen LogP) is 2.95. The first-order valence-electron chi connectivity index (χ1n) is 6.40. The Labute approximate surface area is 104 Å². The maximum atomic E-state index is 11.8.